The molecule has 0 radical (unpaired) electrons. The fourth-order valence-corrected chi connectivity index (χ4v) is 2.95. The molecule has 0 nitrogen and oxygen atoms in total. The van der Waals surface area contributed by atoms with Gasteiger partial charge in [-0.15, -0.1) is 0 Å². The van der Waals surface area contributed by atoms with Crippen LogP contribution < -0.4 is 0 Å². The Labute approximate surface area is 100 Å². The number of halogens is 1. The third-order valence-electron chi connectivity index (χ3n) is 2.50. The third-order valence-corrected chi connectivity index (χ3v) is 3.54. The molecule has 16 heavy (non-hydrogen) atoms. The summed E-state index contributed by atoms with van der Waals surface area (Å²) in [6.45, 7) is 4.42. The van der Waals surface area contributed by atoms with E-state index < -0.39 is 0 Å². The molecule has 0 amide bonds. The Morgan fingerprint density at radius 1 is 1.31 bits per heavy atom. The van der Waals surface area contributed by atoms with Gasteiger partial charge in [0, 0.05) is 4.90 Å². The molecule has 0 aliphatic heterocycles. The number of thioether (sulfide) groups is 1. The summed E-state index contributed by atoms with van der Waals surface area (Å²) in [4.78, 5) is 2.26. The number of hydrogen-bond acceptors (Lipinski definition) is 1. The zero-order valence-electron chi connectivity index (χ0n) is 9.53. The van der Waals surface area contributed by atoms with Crippen LogP contribution in [0.1, 0.15) is 20.3 Å². The summed E-state index contributed by atoms with van der Waals surface area (Å²) in [5.41, 5.74) is 0.213. The highest BCUT2D eigenvalue weighted by Gasteiger charge is 2.19. The fraction of sp³-hybridized carbons (Fsp3) is 0.286. The van der Waals surface area contributed by atoms with Crippen LogP contribution >= 0.6 is 11.8 Å². The van der Waals surface area contributed by atoms with Gasteiger partial charge in [-0.2, -0.15) is 0 Å². The quantitative estimate of drug-likeness (QED) is 0.709. The van der Waals surface area contributed by atoms with Gasteiger partial charge in [0.25, 0.3) is 0 Å². The Hall–Kier alpha value is -1.02. The van der Waals surface area contributed by atoms with Crippen LogP contribution in [0.15, 0.2) is 52.3 Å². The summed E-state index contributed by atoms with van der Waals surface area (Å²) in [7, 11) is 0. The largest absolute Gasteiger partial charge is 0.207 e. The molecule has 84 valence electrons. The molecule has 0 bridgehead atoms. The highest BCUT2D eigenvalue weighted by atomic mass is 32.2. The molecular weight excluding hydrogens is 219 g/mol. The molecule has 1 aromatic rings. The lowest BCUT2D eigenvalue weighted by atomic mass is 9.86. The van der Waals surface area contributed by atoms with Crippen LogP contribution in [-0.2, 0) is 0 Å². The lowest BCUT2D eigenvalue weighted by molar-refractivity contribution is 0.480. The van der Waals surface area contributed by atoms with Crippen LogP contribution in [0, 0.1) is 11.2 Å². The Bertz CT molecular complexity index is 444. The van der Waals surface area contributed by atoms with Gasteiger partial charge >= 0.3 is 0 Å². The second-order valence-corrected chi connectivity index (χ2v) is 5.92. The van der Waals surface area contributed by atoms with E-state index in [1.54, 1.807) is 23.9 Å². The predicted octanol–water partition coefficient (Wildman–Crippen LogP) is 4.79. The summed E-state index contributed by atoms with van der Waals surface area (Å²) in [5.74, 6) is -0.170. The topological polar surface area (TPSA) is 0 Å². The van der Waals surface area contributed by atoms with E-state index in [1.807, 2.05) is 6.07 Å². The van der Waals surface area contributed by atoms with E-state index in [4.69, 9.17) is 0 Å². The maximum absolute atomic E-state index is 13.0. The zero-order valence-corrected chi connectivity index (χ0v) is 10.4. The van der Waals surface area contributed by atoms with Crippen LogP contribution in [-0.4, -0.2) is 0 Å². The van der Waals surface area contributed by atoms with Gasteiger partial charge < -0.3 is 0 Å². The summed E-state index contributed by atoms with van der Waals surface area (Å²) in [6.07, 6.45) is 7.43. The van der Waals surface area contributed by atoms with Gasteiger partial charge in [-0.05, 0) is 34.9 Å². The first-order valence-corrected chi connectivity index (χ1v) is 6.19. The van der Waals surface area contributed by atoms with Crippen LogP contribution in [0.3, 0.4) is 0 Å². The molecular formula is C14H15FS. The smallest absolute Gasteiger partial charge is 0.124 e. The molecule has 2 rings (SSSR count). The predicted molar refractivity (Wildman–Crippen MR) is 67.9 cm³/mol. The molecule has 0 spiro atoms. The molecule has 0 heterocycles. The Balaban J connectivity index is 2.11. The first-order valence-electron chi connectivity index (χ1n) is 5.37. The van der Waals surface area contributed by atoms with Crippen molar-refractivity contribution in [2.24, 2.45) is 5.41 Å². The van der Waals surface area contributed by atoms with Crippen LogP contribution in [0.25, 0.3) is 0 Å². The normalized spacial score (nSPS) is 18.3. The maximum Gasteiger partial charge on any atom is 0.124 e. The van der Waals surface area contributed by atoms with E-state index in [1.165, 1.54) is 11.0 Å². The lowest BCUT2D eigenvalue weighted by Gasteiger charge is -2.24. The van der Waals surface area contributed by atoms with Crippen molar-refractivity contribution in [3.63, 3.8) is 0 Å². The average Bonchev–Trinajstić information content (AvgIpc) is 2.15. The van der Waals surface area contributed by atoms with Gasteiger partial charge in [0.15, 0.2) is 0 Å². The second kappa shape index (κ2) is 4.46. The summed E-state index contributed by atoms with van der Waals surface area (Å²) < 4.78 is 13.0. The average molecular weight is 234 g/mol. The van der Waals surface area contributed by atoms with Crippen molar-refractivity contribution in [2.75, 3.05) is 0 Å². The number of hydrogen-bond donors (Lipinski definition) is 0. The van der Waals surface area contributed by atoms with Gasteiger partial charge in [-0.25, -0.2) is 4.39 Å². The van der Waals surface area contributed by atoms with Gasteiger partial charge in [0.05, 0.1) is 0 Å². The van der Waals surface area contributed by atoms with Crippen molar-refractivity contribution in [1.82, 2.24) is 0 Å². The third kappa shape index (κ3) is 2.99. The van der Waals surface area contributed by atoms with E-state index >= 15 is 0 Å². The first kappa shape index (κ1) is 11.5. The Morgan fingerprint density at radius 2 is 2.12 bits per heavy atom. The Kier molecular flexibility index (Phi) is 3.20. The van der Waals surface area contributed by atoms with Crippen molar-refractivity contribution in [3.05, 3.63) is 53.2 Å². The molecule has 0 saturated carbocycles. The van der Waals surface area contributed by atoms with Crippen LogP contribution in [0.5, 0.6) is 0 Å². The lowest BCUT2D eigenvalue weighted by Crippen LogP contribution is -2.09. The Morgan fingerprint density at radius 3 is 2.81 bits per heavy atom. The van der Waals surface area contributed by atoms with Crippen LogP contribution in [0.4, 0.5) is 4.39 Å². The highest BCUT2D eigenvalue weighted by molar-refractivity contribution is 8.03. The molecule has 1 aliphatic rings. The monoisotopic (exact) mass is 234 g/mol. The minimum atomic E-state index is -0.170. The van der Waals surface area contributed by atoms with Crippen molar-refractivity contribution < 1.29 is 4.39 Å². The van der Waals surface area contributed by atoms with Gasteiger partial charge in [0.1, 0.15) is 5.82 Å². The van der Waals surface area contributed by atoms with E-state index in [0.29, 0.717) is 0 Å². The zero-order chi connectivity index (χ0) is 11.6. The molecule has 0 atom stereocenters. The van der Waals surface area contributed by atoms with Gasteiger partial charge in [-0.3, -0.25) is 0 Å². The number of rotatable bonds is 2. The van der Waals surface area contributed by atoms with E-state index in [-0.39, 0.29) is 11.2 Å². The van der Waals surface area contributed by atoms with E-state index in [2.05, 4.69) is 32.1 Å². The van der Waals surface area contributed by atoms with Crippen molar-refractivity contribution >= 4 is 11.8 Å². The number of allylic oxidation sites excluding steroid dienone is 4. The molecule has 0 fully saturated rings. The standard InChI is InChI=1S/C14H15FS/c1-14(2)8-4-7-13(10-14)16-12-6-3-5-11(15)9-12/h3-9H,10H2,1-2H3. The van der Waals surface area contributed by atoms with Crippen LogP contribution in [0.2, 0.25) is 0 Å². The van der Waals surface area contributed by atoms with Crippen molar-refractivity contribution in [1.29, 1.82) is 0 Å². The van der Waals surface area contributed by atoms with E-state index in [0.717, 1.165) is 11.3 Å². The molecule has 0 saturated heterocycles. The minimum absolute atomic E-state index is 0.170. The summed E-state index contributed by atoms with van der Waals surface area (Å²) >= 11 is 1.65. The first-order chi connectivity index (χ1) is 7.55. The molecule has 0 unspecified atom stereocenters. The fourth-order valence-electron chi connectivity index (χ4n) is 1.73. The molecule has 1 aromatic carbocycles. The maximum atomic E-state index is 13.0. The summed E-state index contributed by atoms with van der Waals surface area (Å²) in [6, 6.07) is 6.75. The molecule has 2 heteroatoms. The molecule has 0 N–H and O–H groups in total. The highest BCUT2D eigenvalue weighted by Crippen LogP contribution is 2.39. The second-order valence-electron chi connectivity index (χ2n) is 4.72. The SMILES string of the molecule is CC1(C)C=CC=C(Sc2cccc(F)c2)C1. The van der Waals surface area contributed by atoms with Gasteiger partial charge in [0.2, 0.25) is 0 Å². The minimum Gasteiger partial charge on any atom is -0.207 e. The summed E-state index contributed by atoms with van der Waals surface area (Å²) in [5, 5.41) is 0. The van der Waals surface area contributed by atoms with Gasteiger partial charge in [-0.1, -0.05) is 49.9 Å². The number of benzene rings is 1. The molecule has 1 aliphatic carbocycles. The molecule has 0 aromatic heterocycles. The van der Waals surface area contributed by atoms with Crippen molar-refractivity contribution in [2.45, 2.75) is 25.2 Å². The van der Waals surface area contributed by atoms with Crippen molar-refractivity contribution in [3.8, 4) is 0 Å². The van der Waals surface area contributed by atoms with E-state index in [9.17, 15) is 4.39 Å².